The number of aryl methyl sites for hydroxylation is 1. The number of hydrogen-bond donors (Lipinski definition) is 2. The highest BCUT2D eigenvalue weighted by Crippen LogP contribution is 2.43. The SMILES string of the molecule is COc1cc(C(CC(=O)Nc2ccc(F)cc2)c2c(O)cc(C)oc2=O)cc(OC)c1OC. The molecule has 1 heterocycles. The van der Waals surface area contributed by atoms with Gasteiger partial charge in [-0.3, -0.25) is 4.79 Å². The zero-order valence-electron chi connectivity index (χ0n) is 18.6. The highest BCUT2D eigenvalue weighted by molar-refractivity contribution is 5.91. The number of benzene rings is 2. The fourth-order valence-corrected chi connectivity index (χ4v) is 3.55. The first-order valence-electron chi connectivity index (χ1n) is 9.96. The molecule has 3 rings (SSSR count). The molecule has 0 fully saturated rings. The van der Waals surface area contributed by atoms with E-state index in [1.165, 1.54) is 58.6 Å². The molecule has 0 saturated heterocycles. The zero-order valence-corrected chi connectivity index (χ0v) is 18.6. The molecule has 0 saturated carbocycles. The molecule has 0 aliphatic carbocycles. The molecule has 0 radical (unpaired) electrons. The molecule has 1 amide bonds. The van der Waals surface area contributed by atoms with E-state index in [2.05, 4.69) is 5.32 Å². The summed E-state index contributed by atoms with van der Waals surface area (Å²) in [4.78, 5) is 25.6. The summed E-state index contributed by atoms with van der Waals surface area (Å²) in [6.45, 7) is 1.53. The fourth-order valence-electron chi connectivity index (χ4n) is 3.55. The number of amides is 1. The maximum atomic E-state index is 13.2. The van der Waals surface area contributed by atoms with Crippen LogP contribution in [0.5, 0.6) is 23.0 Å². The Morgan fingerprint density at radius 1 is 1.06 bits per heavy atom. The van der Waals surface area contributed by atoms with Crippen molar-refractivity contribution in [3.8, 4) is 23.0 Å². The van der Waals surface area contributed by atoms with Gasteiger partial charge in [-0.05, 0) is 48.9 Å². The van der Waals surface area contributed by atoms with E-state index in [1.807, 2.05) is 0 Å². The number of ether oxygens (including phenoxy) is 3. The maximum Gasteiger partial charge on any atom is 0.343 e. The minimum Gasteiger partial charge on any atom is -0.507 e. The second-order valence-corrected chi connectivity index (χ2v) is 7.21. The Bertz CT molecular complexity index is 1180. The van der Waals surface area contributed by atoms with Gasteiger partial charge in [0.15, 0.2) is 11.5 Å². The van der Waals surface area contributed by atoms with E-state index < -0.39 is 23.3 Å². The molecule has 174 valence electrons. The number of carbonyl (C=O) groups excluding carboxylic acids is 1. The third-order valence-electron chi connectivity index (χ3n) is 5.04. The lowest BCUT2D eigenvalue weighted by atomic mass is 9.88. The van der Waals surface area contributed by atoms with E-state index in [0.717, 1.165) is 0 Å². The van der Waals surface area contributed by atoms with Gasteiger partial charge in [0.2, 0.25) is 11.7 Å². The van der Waals surface area contributed by atoms with Crippen molar-refractivity contribution in [3.05, 3.63) is 75.6 Å². The molecule has 0 spiro atoms. The lowest BCUT2D eigenvalue weighted by Gasteiger charge is -2.21. The highest BCUT2D eigenvalue weighted by Gasteiger charge is 2.28. The van der Waals surface area contributed by atoms with Gasteiger partial charge in [0.1, 0.15) is 17.3 Å². The number of hydrogen-bond acceptors (Lipinski definition) is 7. The number of nitrogens with one attached hydrogen (secondary N) is 1. The first-order chi connectivity index (χ1) is 15.8. The third kappa shape index (κ3) is 5.25. The van der Waals surface area contributed by atoms with Gasteiger partial charge in [-0.15, -0.1) is 0 Å². The first-order valence-corrected chi connectivity index (χ1v) is 9.96. The van der Waals surface area contributed by atoms with Gasteiger partial charge < -0.3 is 29.1 Å². The molecule has 33 heavy (non-hydrogen) atoms. The monoisotopic (exact) mass is 457 g/mol. The normalized spacial score (nSPS) is 11.5. The molecule has 0 bridgehead atoms. The van der Waals surface area contributed by atoms with Crippen molar-refractivity contribution in [2.75, 3.05) is 26.6 Å². The molecule has 2 N–H and O–H groups in total. The van der Waals surface area contributed by atoms with E-state index in [0.29, 0.717) is 28.5 Å². The molecule has 9 heteroatoms. The molecule has 3 aromatic rings. The molecule has 0 aliphatic rings. The Balaban J connectivity index is 2.09. The lowest BCUT2D eigenvalue weighted by Crippen LogP contribution is -2.21. The van der Waals surface area contributed by atoms with Crippen molar-refractivity contribution >= 4 is 11.6 Å². The Morgan fingerprint density at radius 2 is 1.67 bits per heavy atom. The van der Waals surface area contributed by atoms with Crippen LogP contribution >= 0.6 is 0 Å². The van der Waals surface area contributed by atoms with E-state index >= 15 is 0 Å². The average Bonchev–Trinajstić information content (AvgIpc) is 2.78. The summed E-state index contributed by atoms with van der Waals surface area (Å²) in [7, 11) is 4.33. The van der Waals surface area contributed by atoms with Crippen LogP contribution < -0.4 is 25.2 Å². The van der Waals surface area contributed by atoms with Crippen molar-refractivity contribution in [3.63, 3.8) is 0 Å². The van der Waals surface area contributed by atoms with Gasteiger partial charge in [0.25, 0.3) is 0 Å². The van der Waals surface area contributed by atoms with Crippen molar-refractivity contribution in [2.24, 2.45) is 0 Å². The fraction of sp³-hybridized carbons (Fsp3) is 0.250. The standard InChI is InChI=1S/C24H24FNO7/c1-13-9-18(27)22(24(29)33-13)17(12-21(28)26-16-7-5-15(25)6-8-16)14-10-19(30-2)23(32-4)20(11-14)31-3/h5-11,17,27H,12H2,1-4H3,(H,26,28). The van der Waals surface area contributed by atoms with E-state index in [-0.39, 0.29) is 23.5 Å². The summed E-state index contributed by atoms with van der Waals surface area (Å²) in [5.74, 6) is -0.962. The minimum atomic E-state index is -0.920. The van der Waals surface area contributed by atoms with Crippen molar-refractivity contribution < 1.29 is 32.9 Å². The average molecular weight is 457 g/mol. The Hall–Kier alpha value is -4.01. The molecule has 1 aromatic heterocycles. The molecule has 8 nitrogen and oxygen atoms in total. The summed E-state index contributed by atoms with van der Waals surface area (Å²) in [6.07, 6.45) is -0.239. The van der Waals surface area contributed by atoms with Crippen molar-refractivity contribution in [1.82, 2.24) is 0 Å². The lowest BCUT2D eigenvalue weighted by molar-refractivity contribution is -0.116. The molecule has 1 unspecified atom stereocenters. The van der Waals surface area contributed by atoms with Crippen LogP contribution in [0.1, 0.15) is 29.2 Å². The summed E-state index contributed by atoms with van der Waals surface area (Å²) >= 11 is 0. The predicted molar refractivity (Wildman–Crippen MR) is 119 cm³/mol. The van der Waals surface area contributed by atoms with Crippen LogP contribution in [-0.2, 0) is 4.79 Å². The number of anilines is 1. The van der Waals surface area contributed by atoms with Gasteiger partial charge >= 0.3 is 5.63 Å². The Labute approximate surface area is 189 Å². The Morgan fingerprint density at radius 3 is 2.18 bits per heavy atom. The highest BCUT2D eigenvalue weighted by atomic mass is 19.1. The number of rotatable bonds is 8. The van der Waals surface area contributed by atoms with Crippen LogP contribution in [0.4, 0.5) is 10.1 Å². The van der Waals surface area contributed by atoms with Gasteiger partial charge in [-0.25, -0.2) is 9.18 Å². The minimum absolute atomic E-state index is 0.0934. The Kier molecular flexibility index (Phi) is 7.22. The van der Waals surface area contributed by atoms with E-state index in [4.69, 9.17) is 18.6 Å². The van der Waals surface area contributed by atoms with Crippen LogP contribution in [-0.4, -0.2) is 32.3 Å². The smallest absolute Gasteiger partial charge is 0.343 e. The topological polar surface area (TPSA) is 107 Å². The van der Waals surface area contributed by atoms with Crippen LogP contribution in [0.3, 0.4) is 0 Å². The number of aromatic hydroxyl groups is 1. The maximum absolute atomic E-state index is 13.2. The first kappa shape index (κ1) is 23.6. The quantitative estimate of drug-likeness (QED) is 0.527. The molecular weight excluding hydrogens is 433 g/mol. The zero-order chi connectivity index (χ0) is 24.1. The van der Waals surface area contributed by atoms with Crippen LogP contribution in [0.15, 0.2) is 51.7 Å². The third-order valence-corrected chi connectivity index (χ3v) is 5.04. The summed E-state index contributed by atoms with van der Waals surface area (Å²) in [5, 5.41) is 13.2. The second kappa shape index (κ2) is 10.1. The summed E-state index contributed by atoms with van der Waals surface area (Å²) in [5.41, 5.74) is -0.0413. The van der Waals surface area contributed by atoms with Gasteiger partial charge in [0.05, 0.1) is 26.9 Å². The number of halogens is 1. The molecule has 2 aromatic carbocycles. The van der Waals surface area contributed by atoms with Crippen molar-refractivity contribution in [1.29, 1.82) is 0 Å². The van der Waals surface area contributed by atoms with E-state index in [9.17, 15) is 19.1 Å². The van der Waals surface area contributed by atoms with Gasteiger partial charge in [-0.1, -0.05) is 0 Å². The molecular formula is C24H24FNO7. The second-order valence-electron chi connectivity index (χ2n) is 7.21. The molecule has 1 atom stereocenters. The van der Waals surface area contributed by atoms with Crippen LogP contribution in [0.2, 0.25) is 0 Å². The summed E-state index contributed by atoms with van der Waals surface area (Å²) < 4.78 is 34.5. The van der Waals surface area contributed by atoms with Crippen LogP contribution in [0.25, 0.3) is 0 Å². The summed E-state index contributed by atoms with van der Waals surface area (Å²) in [6, 6.07) is 9.75. The van der Waals surface area contributed by atoms with Crippen LogP contribution in [0, 0.1) is 12.7 Å². The largest absolute Gasteiger partial charge is 0.507 e. The number of carbonyl (C=O) groups is 1. The van der Waals surface area contributed by atoms with Gasteiger partial charge in [-0.2, -0.15) is 0 Å². The van der Waals surface area contributed by atoms with E-state index in [1.54, 1.807) is 12.1 Å². The number of methoxy groups -OCH3 is 3. The van der Waals surface area contributed by atoms with Gasteiger partial charge in [0, 0.05) is 24.1 Å². The predicted octanol–water partition coefficient (Wildman–Crippen LogP) is 3.98. The van der Waals surface area contributed by atoms with Crippen molar-refractivity contribution in [2.45, 2.75) is 19.3 Å². The molecule has 0 aliphatic heterocycles.